The van der Waals surface area contributed by atoms with Crippen molar-refractivity contribution in [2.75, 3.05) is 13.3 Å². The Balaban J connectivity index is -0.0000000150. The van der Waals surface area contributed by atoms with Gasteiger partial charge in [-0.25, -0.2) is 0 Å². The van der Waals surface area contributed by atoms with Gasteiger partial charge in [-0.05, 0) is 13.3 Å². The molecule has 0 unspecified atom stereocenters. The van der Waals surface area contributed by atoms with E-state index in [1.165, 1.54) is 0 Å². The van der Waals surface area contributed by atoms with E-state index in [1.54, 1.807) is 13.3 Å². The Bertz CT molecular complexity index is 20.4. The van der Waals surface area contributed by atoms with E-state index in [2.05, 4.69) is 0 Å². The molecule has 0 spiro atoms. The van der Waals surface area contributed by atoms with Crippen LogP contribution < -0.4 is 0 Å². The molecule has 0 atom stereocenters. The van der Waals surface area contributed by atoms with Crippen LogP contribution in [0.2, 0.25) is 0 Å². The molecule has 1 nitrogen and oxygen atoms in total. The summed E-state index contributed by atoms with van der Waals surface area (Å²) in [5.74, 6) is 0. The first kappa shape index (κ1) is 23.5. The van der Waals surface area contributed by atoms with E-state index >= 15 is 0 Å². The van der Waals surface area contributed by atoms with Gasteiger partial charge in [0.15, 0.2) is 0 Å². The summed E-state index contributed by atoms with van der Waals surface area (Å²) < 4.78 is 0. The fraction of sp³-hybridized carbons (Fsp3) is 1.00. The van der Waals surface area contributed by atoms with Crippen LogP contribution in [0.4, 0.5) is 0 Å². The van der Waals surface area contributed by atoms with Crippen LogP contribution in [0.1, 0.15) is 0 Å². The van der Waals surface area contributed by atoms with Crippen LogP contribution in [-0.2, 0) is 20.1 Å². The fourth-order valence-corrected chi connectivity index (χ4v) is 0. The molecule has 0 aliphatic heterocycles. The maximum absolute atomic E-state index is 8.12. The van der Waals surface area contributed by atoms with E-state index in [4.69, 9.17) is 4.89 Å². The Morgan fingerprint density at radius 1 is 1.14 bits per heavy atom. The van der Waals surface area contributed by atoms with E-state index in [9.17, 15) is 0 Å². The zero-order valence-electron chi connectivity index (χ0n) is 4.04. The van der Waals surface area contributed by atoms with Gasteiger partial charge in [0, 0.05) is 28.3 Å². The summed E-state index contributed by atoms with van der Waals surface area (Å²) >= 11 is 0. The minimum absolute atomic E-state index is 0. The fourth-order valence-electron chi connectivity index (χ4n) is 0. The summed E-state index contributed by atoms with van der Waals surface area (Å²) in [5, 5.41) is 0. The molecule has 0 saturated heterocycles. The summed E-state index contributed by atoms with van der Waals surface area (Å²) in [5.41, 5.74) is 0. The SMILES string of the molecule is CP(C)O.Cl.Cl.[Ir]. The first-order valence-electron chi connectivity index (χ1n) is 1.09. The van der Waals surface area contributed by atoms with Crippen molar-refractivity contribution < 1.29 is 25.0 Å². The van der Waals surface area contributed by atoms with Crippen molar-refractivity contribution in [2.45, 2.75) is 0 Å². The van der Waals surface area contributed by atoms with Gasteiger partial charge in [0.05, 0.1) is 0 Å². The van der Waals surface area contributed by atoms with Crippen molar-refractivity contribution in [3.8, 4) is 0 Å². The zero-order valence-corrected chi connectivity index (χ0v) is 8.97. The van der Waals surface area contributed by atoms with Gasteiger partial charge in [0.1, 0.15) is 0 Å². The van der Waals surface area contributed by atoms with Crippen LogP contribution in [0.25, 0.3) is 0 Å². The van der Waals surface area contributed by atoms with E-state index in [1.807, 2.05) is 0 Å². The largest absolute Gasteiger partial charge is 0.374 e. The van der Waals surface area contributed by atoms with E-state index in [0.717, 1.165) is 0 Å². The number of rotatable bonds is 0. The summed E-state index contributed by atoms with van der Waals surface area (Å²) in [7, 11) is -0.620. The molecule has 0 fully saturated rings. The van der Waals surface area contributed by atoms with E-state index < -0.39 is 8.15 Å². The van der Waals surface area contributed by atoms with Gasteiger partial charge < -0.3 is 4.89 Å². The second-order valence-corrected chi connectivity index (χ2v) is 2.54. The van der Waals surface area contributed by atoms with Gasteiger partial charge in [-0.2, -0.15) is 0 Å². The Labute approximate surface area is 71.3 Å². The van der Waals surface area contributed by atoms with Gasteiger partial charge in [-0.3, -0.25) is 0 Å². The zero-order chi connectivity index (χ0) is 3.58. The van der Waals surface area contributed by atoms with Crippen molar-refractivity contribution >= 4 is 33.0 Å². The predicted octanol–water partition coefficient (Wildman–Crippen LogP) is 1.48. The van der Waals surface area contributed by atoms with E-state index in [-0.39, 0.29) is 44.9 Å². The third kappa shape index (κ3) is 91.8. The topological polar surface area (TPSA) is 20.2 Å². The molecule has 0 aromatic heterocycles. The predicted molar refractivity (Wildman–Crippen MR) is 35.5 cm³/mol. The van der Waals surface area contributed by atoms with Gasteiger partial charge >= 0.3 is 0 Å². The van der Waals surface area contributed by atoms with Crippen molar-refractivity contribution in [3.63, 3.8) is 0 Å². The summed E-state index contributed by atoms with van der Waals surface area (Å²) in [6.45, 7) is 3.57. The first-order chi connectivity index (χ1) is 1.73. The molecule has 0 aromatic carbocycles. The molecule has 0 bridgehead atoms. The van der Waals surface area contributed by atoms with Gasteiger partial charge in [-0.15, -0.1) is 24.8 Å². The van der Waals surface area contributed by atoms with Crippen LogP contribution in [0, 0.1) is 0 Å². The third-order valence-corrected chi connectivity index (χ3v) is 0. The molecular weight excluding hydrogens is 334 g/mol. The smallest absolute Gasteiger partial charge is 0.0187 e. The molecule has 7 heavy (non-hydrogen) atoms. The Morgan fingerprint density at radius 2 is 1.14 bits per heavy atom. The van der Waals surface area contributed by atoms with Gasteiger partial charge in [-0.1, -0.05) is 0 Å². The Hall–Kier alpha value is 1.62. The molecule has 1 radical (unpaired) electrons. The third-order valence-electron chi connectivity index (χ3n) is 0. The van der Waals surface area contributed by atoms with Crippen molar-refractivity contribution in [1.29, 1.82) is 0 Å². The Kier molecular flexibility index (Phi) is 52.4. The standard InChI is InChI=1S/C2H7OP.2ClH.Ir/c1-4(2)3;;;/h3H,1-2H3;2*1H;. The van der Waals surface area contributed by atoms with Crippen LogP contribution in [0.3, 0.4) is 0 Å². The van der Waals surface area contributed by atoms with Gasteiger partial charge in [0.2, 0.25) is 0 Å². The number of halogens is 2. The maximum Gasteiger partial charge on any atom is 0.0187 e. The van der Waals surface area contributed by atoms with Gasteiger partial charge in [0.25, 0.3) is 0 Å². The molecule has 0 aliphatic rings. The number of hydrogen-bond acceptors (Lipinski definition) is 1. The monoisotopic (exact) mass is 343 g/mol. The molecule has 0 aromatic rings. The average molecular weight is 343 g/mol. The summed E-state index contributed by atoms with van der Waals surface area (Å²) in [6, 6.07) is 0. The molecule has 0 rings (SSSR count). The molecule has 0 heterocycles. The van der Waals surface area contributed by atoms with Crippen LogP contribution in [-0.4, -0.2) is 18.2 Å². The molecule has 1 N–H and O–H groups in total. The van der Waals surface area contributed by atoms with Crippen LogP contribution in [0.5, 0.6) is 0 Å². The van der Waals surface area contributed by atoms with Crippen LogP contribution in [0.15, 0.2) is 0 Å². The van der Waals surface area contributed by atoms with Crippen molar-refractivity contribution in [2.24, 2.45) is 0 Å². The summed E-state index contributed by atoms with van der Waals surface area (Å²) in [6.07, 6.45) is 0. The molecule has 0 aliphatic carbocycles. The molecular formula is C2H9Cl2IrOP. The first-order valence-corrected chi connectivity index (χ1v) is 3.28. The molecule has 0 saturated carbocycles. The average Bonchev–Trinajstić information content (AvgIpc) is 0.811. The summed E-state index contributed by atoms with van der Waals surface area (Å²) in [4.78, 5) is 8.12. The van der Waals surface area contributed by atoms with Crippen molar-refractivity contribution in [1.82, 2.24) is 0 Å². The molecule has 0 amide bonds. The normalized spacial score (nSPS) is 5.14. The second-order valence-electron chi connectivity index (χ2n) is 0.847. The Morgan fingerprint density at radius 3 is 1.14 bits per heavy atom. The van der Waals surface area contributed by atoms with Crippen molar-refractivity contribution in [3.05, 3.63) is 0 Å². The minimum Gasteiger partial charge on any atom is -0.374 e. The quantitative estimate of drug-likeness (QED) is 0.661. The molecule has 51 valence electrons. The van der Waals surface area contributed by atoms with Crippen LogP contribution >= 0.6 is 33.0 Å². The minimum atomic E-state index is -0.620. The maximum atomic E-state index is 8.12. The number of hydrogen-bond donors (Lipinski definition) is 1. The van der Waals surface area contributed by atoms with E-state index in [0.29, 0.717) is 0 Å². The second kappa shape index (κ2) is 15.6. The molecule has 5 heteroatoms.